The molecule has 0 spiro atoms. The Bertz CT molecular complexity index is 686. The van der Waals surface area contributed by atoms with E-state index in [0.29, 0.717) is 33.0 Å². The monoisotopic (exact) mass is 371 g/mol. The number of hydrogen-bond donors (Lipinski definition) is 1. The lowest BCUT2D eigenvalue weighted by Crippen LogP contribution is -2.16. The lowest BCUT2D eigenvalue weighted by Gasteiger charge is -2.14. The molecule has 1 aliphatic heterocycles. The molecule has 0 saturated carbocycles. The Kier molecular flexibility index (Phi) is 7.81. The molecular weight excluding hydrogens is 342 g/mol. The maximum absolute atomic E-state index is 5.88. The van der Waals surface area contributed by atoms with Crippen molar-refractivity contribution in [2.75, 3.05) is 38.4 Å². The summed E-state index contributed by atoms with van der Waals surface area (Å²) in [5, 5.41) is 3.45. The third kappa shape index (κ3) is 6.45. The molecule has 2 aromatic carbocycles. The maximum atomic E-state index is 5.88. The van der Waals surface area contributed by atoms with Crippen molar-refractivity contribution >= 4 is 5.69 Å². The Hall–Kier alpha value is -2.24. The average Bonchev–Trinajstić information content (AvgIpc) is 3.23. The Balaban J connectivity index is 1.51. The van der Waals surface area contributed by atoms with E-state index in [1.165, 1.54) is 0 Å². The molecule has 1 aliphatic rings. The van der Waals surface area contributed by atoms with Gasteiger partial charge < -0.3 is 24.3 Å². The standard InChI is InChI=1S/C22H29NO4/c1-2-24-13-14-26-22-11-4-3-7-18(22)16-23-19-8-5-9-20(15-19)27-17-21-10-6-12-25-21/h3-5,7-9,11,15,21,23H,2,6,10,12-14,16-17H2,1H3/t21-/m1/s1. The van der Waals surface area contributed by atoms with Gasteiger partial charge in [0.25, 0.3) is 0 Å². The Morgan fingerprint density at radius 3 is 2.85 bits per heavy atom. The highest BCUT2D eigenvalue weighted by Crippen LogP contribution is 2.22. The smallest absolute Gasteiger partial charge is 0.124 e. The fraction of sp³-hybridized carbons (Fsp3) is 0.455. The van der Waals surface area contributed by atoms with E-state index in [9.17, 15) is 0 Å². The van der Waals surface area contributed by atoms with Crippen LogP contribution in [0, 0.1) is 0 Å². The van der Waals surface area contributed by atoms with Gasteiger partial charge in [-0.1, -0.05) is 24.3 Å². The summed E-state index contributed by atoms with van der Waals surface area (Å²) in [4.78, 5) is 0. The highest BCUT2D eigenvalue weighted by atomic mass is 16.5. The van der Waals surface area contributed by atoms with Gasteiger partial charge in [0.15, 0.2) is 0 Å². The van der Waals surface area contributed by atoms with Crippen LogP contribution in [0.3, 0.4) is 0 Å². The van der Waals surface area contributed by atoms with Crippen molar-refractivity contribution < 1.29 is 18.9 Å². The summed E-state index contributed by atoms with van der Waals surface area (Å²) in [7, 11) is 0. The van der Waals surface area contributed by atoms with E-state index >= 15 is 0 Å². The van der Waals surface area contributed by atoms with E-state index in [-0.39, 0.29) is 6.10 Å². The van der Waals surface area contributed by atoms with Crippen LogP contribution >= 0.6 is 0 Å². The Morgan fingerprint density at radius 1 is 1.07 bits per heavy atom. The second-order valence-corrected chi connectivity index (χ2v) is 6.48. The van der Waals surface area contributed by atoms with E-state index in [1.54, 1.807) is 0 Å². The zero-order valence-electron chi connectivity index (χ0n) is 16.0. The van der Waals surface area contributed by atoms with E-state index < -0.39 is 0 Å². The minimum Gasteiger partial charge on any atom is -0.491 e. The number of ether oxygens (including phenoxy) is 4. The third-order valence-electron chi connectivity index (χ3n) is 4.44. The van der Waals surface area contributed by atoms with Crippen molar-refractivity contribution in [3.8, 4) is 11.5 Å². The fourth-order valence-corrected chi connectivity index (χ4v) is 3.00. The summed E-state index contributed by atoms with van der Waals surface area (Å²) in [6.07, 6.45) is 2.43. The van der Waals surface area contributed by atoms with Gasteiger partial charge in [-0.25, -0.2) is 0 Å². The molecule has 146 valence electrons. The molecule has 27 heavy (non-hydrogen) atoms. The SMILES string of the molecule is CCOCCOc1ccccc1CNc1cccc(OC[C@H]2CCCO2)c1. The van der Waals surface area contributed by atoms with Gasteiger partial charge in [-0.05, 0) is 38.0 Å². The van der Waals surface area contributed by atoms with E-state index in [4.69, 9.17) is 18.9 Å². The molecule has 0 radical (unpaired) electrons. The zero-order chi connectivity index (χ0) is 18.7. The molecule has 1 atom stereocenters. The molecule has 0 bridgehead atoms. The van der Waals surface area contributed by atoms with Crippen LogP contribution in [0.4, 0.5) is 5.69 Å². The molecule has 5 nitrogen and oxygen atoms in total. The minimum absolute atomic E-state index is 0.224. The van der Waals surface area contributed by atoms with Gasteiger partial charge >= 0.3 is 0 Å². The molecule has 1 N–H and O–H groups in total. The molecule has 0 amide bonds. The number of nitrogens with one attached hydrogen (secondary N) is 1. The number of para-hydroxylation sites is 1. The molecule has 0 aromatic heterocycles. The Morgan fingerprint density at radius 2 is 2.00 bits per heavy atom. The van der Waals surface area contributed by atoms with Gasteiger partial charge in [-0.15, -0.1) is 0 Å². The first-order valence-corrected chi connectivity index (χ1v) is 9.72. The quantitative estimate of drug-likeness (QED) is 0.598. The summed E-state index contributed by atoms with van der Waals surface area (Å²) in [6, 6.07) is 16.1. The van der Waals surface area contributed by atoms with Gasteiger partial charge in [0, 0.05) is 37.1 Å². The van der Waals surface area contributed by atoms with Crippen LogP contribution < -0.4 is 14.8 Å². The second-order valence-electron chi connectivity index (χ2n) is 6.48. The molecular formula is C22H29NO4. The number of hydrogen-bond acceptors (Lipinski definition) is 5. The highest BCUT2D eigenvalue weighted by Gasteiger charge is 2.16. The van der Waals surface area contributed by atoms with Crippen LogP contribution in [-0.4, -0.2) is 39.1 Å². The predicted molar refractivity (Wildman–Crippen MR) is 107 cm³/mol. The fourth-order valence-electron chi connectivity index (χ4n) is 3.00. The highest BCUT2D eigenvalue weighted by molar-refractivity contribution is 5.49. The van der Waals surface area contributed by atoms with E-state index in [1.807, 2.05) is 49.4 Å². The molecule has 1 heterocycles. The molecule has 5 heteroatoms. The van der Waals surface area contributed by atoms with Crippen LogP contribution in [0.15, 0.2) is 48.5 Å². The van der Waals surface area contributed by atoms with E-state index in [2.05, 4.69) is 11.4 Å². The lowest BCUT2D eigenvalue weighted by atomic mass is 10.2. The van der Waals surface area contributed by atoms with E-state index in [0.717, 1.165) is 42.2 Å². The molecule has 2 aromatic rings. The topological polar surface area (TPSA) is 49.0 Å². The number of rotatable bonds is 11. The number of benzene rings is 2. The van der Waals surface area contributed by atoms with Gasteiger partial charge in [-0.2, -0.15) is 0 Å². The molecule has 3 rings (SSSR count). The predicted octanol–water partition coefficient (Wildman–Crippen LogP) is 4.27. The summed E-state index contributed by atoms with van der Waals surface area (Å²) in [6.45, 7) is 5.98. The lowest BCUT2D eigenvalue weighted by molar-refractivity contribution is 0.0680. The average molecular weight is 371 g/mol. The van der Waals surface area contributed by atoms with Gasteiger partial charge in [0.2, 0.25) is 0 Å². The summed E-state index contributed by atoms with van der Waals surface area (Å²) >= 11 is 0. The molecule has 1 fully saturated rings. The summed E-state index contributed by atoms with van der Waals surface area (Å²) in [5.41, 5.74) is 2.13. The van der Waals surface area contributed by atoms with Crippen molar-refractivity contribution in [3.05, 3.63) is 54.1 Å². The minimum atomic E-state index is 0.224. The summed E-state index contributed by atoms with van der Waals surface area (Å²) < 4.78 is 22.7. The first-order chi connectivity index (χ1) is 13.3. The first-order valence-electron chi connectivity index (χ1n) is 9.72. The summed E-state index contributed by atoms with van der Waals surface area (Å²) in [5.74, 6) is 1.74. The normalized spacial score (nSPS) is 16.3. The maximum Gasteiger partial charge on any atom is 0.124 e. The van der Waals surface area contributed by atoms with Crippen LogP contribution in [0.25, 0.3) is 0 Å². The van der Waals surface area contributed by atoms with Crippen LogP contribution in [0.2, 0.25) is 0 Å². The van der Waals surface area contributed by atoms with Crippen LogP contribution in [0.5, 0.6) is 11.5 Å². The van der Waals surface area contributed by atoms with Gasteiger partial charge in [-0.3, -0.25) is 0 Å². The van der Waals surface area contributed by atoms with Crippen molar-refractivity contribution in [3.63, 3.8) is 0 Å². The Labute approximate surface area is 161 Å². The van der Waals surface area contributed by atoms with Crippen LogP contribution in [0.1, 0.15) is 25.3 Å². The van der Waals surface area contributed by atoms with Gasteiger partial charge in [0.05, 0.1) is 12.7 Å². The van der Waals surface area contributed by atoms with Crippen LogP contribution in [-0.2, 0) is 16.0 Å². The van der Waals surface area contributed by atoms with Crippen molar-refractivity contribution in [2.45, 2.75) is 32.4 Å². The third-order valence-corrected chi connectivity index (χ3v) is 4.44. The second kappa shape index (κ2) is 10.8. The molecule has 1 saturated heterocycles. The molecule has 0 unspecified atom stereocenters. The zero-order valence-corrected chi connectivity index (χ0v) is 16.0. The van der Waals surface area contributed by atoms with Gasteiger partial charge in [0.1, 0.15) is 24.7 Å². The molecule has 0 aliphatic carbocycles. The van der Waals surface area contributed by atoms with Crippen molar-refractivity contribution in [2.24, 2.45) is 0 Å². The van der Waals surface area contributed by atoms with Crippen molar-refractivity contribution in [1.29, 1.82) is 0 Å². The largest absolute Gasteiger partial charge is 0.491 e. The number of anilines is 1. The first kappa shape index (κ1) is 19.5. The van der Waals surface area contributed by atoms with Crippen molar-refractivity contribution in [1.82, 2.24) is 0 Å².